The third-order valence-electron chi connectivity index (χ3n) is 1.69. The van der Waals surface area contributed by atoms with Crippen molar-refractivity contribution in [2.24, 2.45) is 5.73 Å². The summed E-state index contributed by atoms with van der Waals surface area (Å²) in [6, 6.07) is 2.01. The molecule has 0 amide bonds. The maximum Gasteiger partial charge on any atom is 0.162 e. The highest BCUT2D eigenvalue weighted by Crippen LogP contribution is 2.22. The van der Waals surface area contributed by atoms with Crippen LogP contribution in [0.2, 0.25) is 0 Å². The molecule has 0 fully saturated rings. The van der Waals surface area contributed by atoms with Gasteiger partial charge in [-0.1, -0.05) is 12.2 Å². The molecular weight excluding hydrogens is 208 g/mol. The zero-order chi connectivity index (χ0) is 10.7. The Balaban J connectivity index is 3.13. The quantitative estimate of drug-likeness (QED) is 0.784. The lowest BCUT2D eigenvalue weighted by Gasteiger charge is -2.08. The smallest absolute Gasteiger partial charge is 0.162 e. The first-order valence-corrected chi connectivity index (χ1v) is 4.25. The van der Waals surface area contributed by atoms with Crippen LogP contribution < -0.4 is 10.5 Å². The van der Waals surface area contributed by atoms with E-state index in [1.807, 2.05) is 0 Å². The number of thiocarbonyl (C=S) groups is 1. The minimum atomic E-state index is -0.950. The van der Waals surface area contributed by atoms with E-state index in [0.717, 1.165) is 12.1 Å². The van der Waals surface area contributed by atoms with E-state index >= 15 is 0 Å². The number of nitrogens with two attached hydrogens (primary N) is 1. The van der Waals surface area contributed by atoms with Crippen LogP contribution in [0.25, 0.3) is 0 Å². The molecule has 0 atom stereocenters. The van der Waals surface area contributed by atoms with Crippen molar-refractivity contribution in [3.05, 3.63) is 29.3 Å². The maximum absolute atomic E-state index is 12.8. The Morgan fingerprint density at radius 3 is 2.50 bits per heavy atom. The molecule has 5 heteroatoms. The topological polar surface area (TPSA) is 35.2 Å². The third-order valence-corrected chi connectivity index (χ3v) is 1.83. The summed E-state index contributed by atoms with van der Waals surface area (Å²) in [7, 11) is 1.37. The van der Waals surface area contributed by atoms with Gasteiger partial charge in [0.1, 0.15) is 5.75 Å². The van der Waals surface area contributed by atoms with Gasteiger partial charge in [0.05, 0.1) is 12.1 Å². The Bertz CT molecular complexity index is 368. The van der Waals surface area contributed by atoms with Crippen LogP contribution in [-0.2, 0) is 6.42 Å². The number of halogens is 2. The lowest BCUT2D eigenvalue weighted by atomic mass is 10.1. The van der Waals surface area contributed by atoms with E-state index in [-0.39, 0.29) is 17.2 Å². The predicted octanol–water partition coefficient (Wildman–Crippen LogP) is 1.80. The Hall–Kier alpha value is -1.23. The zero-order valence-electron chi connectivity index (χ0n) is 7.51. The van der Waals surface area contributed by atoms with Crippen LogP contribution in [0.3, 0.4) is 0 Å². The molecule has 1 aromatic rings. The Morgan fingerprint density at radius 2 is 2.00 bits per heavy atom. The molecule has 1 rings (SSSR count). The average molecular weight is 217 g/mol. The molecule has 0 aliphatic heterocycles. The van der Waals surface area contributed by atoms with Crippen molar-refractivity contribution < 1.29 is 13.5 Å². The first-order valence-electron chi connectivity index (χ1n) is 3.84. The lowest BCUT2D eigenvalue weighted by Crippen LogP contribution is -2.12. The molecule has 76 valence electrons. The summed E-state index contributed by atoms with van der Waals surface area (Å²) >= 11 is 4.67. The second kappa shape index (κ2) is 4.32. The Labute approximate surface area is 85.7 Å². The van der Waals surface area contributed by atoms with Crippen molar-refractivity contribution in [1.82, 2.24) is 0 Å². The highest BCUT2D eigenvalue weighted by atomic mass is 32.1. The summed E-state index contributed by atoms with van der Waals surface area (Å²) in [5, 5.41) is 0. The highest BCUT2D eigenvalue weighted by Gasteiger charge is 2.10. The van der Waals surface area contributed by atoms with Crippen LogP contribution in [0.15, 0.2) is 12.1 Å². The van der Waals surface area contributed by atoms with Crippen molar-refractivity contribution in [3.63, 3.8) is 0 Å². The summed E-state index contributed by atoms with van der Waals surface area (Å²) in [5.74, 6) is -1.64. The molecule has 2 nitrogen and oxygen atoms in total. The summed E-state index contributed by atoms with van der Waals surface area (Å²) < 4.78 is 30.5. The molecule has 0 radical (unpaired) electrons. The van der Waals surface area contributed by atoms with Gasteiger partial charge in [-0.15, -0.1) is 0 Å². The fourth-order valence-corrected chi connectivity index (χ4v) is 1.24. The van der Waals surface area contributed by atoms with Crippen LogP contribution in [0.4, 0.5) is 8.78 Å². The molecule has 1 aromatic carbocycles. The maximum atomic E-state index is 12.8. The van der Waals surface area contributed by atoms with Gasteiger partial charge in [-0.2, -0.15) is 0 Å². The first-order chi connectivity index (χ1) is 6.54. The first kappa shape index (κ1) is 10.8. The van der Waals surface area contributed by atoms with Gasteiger partial charge in [0.15, 0.2) is 11.6 Å². The fraction of sp³-hybridized carbons (Fsp3) is 0.222. The summed E-state index contributed by atoms with van der Waals surface area (Å²) in [5.41, 5.74) is 5.74. The molecule has 0 aromatic heterocycles. The molecule has 0 spiro atoms. The van der Waals surface area contributed by atoms with Crippen LogP contribution in [0.5, 0.6) is 5.75 Å². The van der Waals surface area contributed by atoms with Crippen molar-refractivity contribution >= 4 is 17.2 Å². The van der Waals surface area contributed by atoms with Crippen molar-refractivity contribution in [3.8, 4) is 5.75 Å². The Morgan fingerprint density at radius 1 is 1.43 bits per heavy atom. The number of benzene rings is 1. The van der Waals surface area contributed by atoms with Gasteiger partial charge >= 0.3 is 0 Å². The van der Waals surface area contributed by atoms with Crippen LogP contribution in [0, 0.1) is 11.6 Å². The van der Waals surface area contributed by atoms with Crippen LogP contribution in [-0.4, -0.2) is 12.1 Å². The van der Waals surface area contributed by atoms with E-state index in [2.05, 4.69) is 12.2 Å². The summed E-state index contributed by atoms with van der Waals surface area (Å²) in [6.45, 7) is 0. The molecule has 0 aliphatic carbocycles. The molecule has 2 N–H and O–H groups in total. The lowest BCUT2D eigenvalue weighted by molar-refractivity contribution is 0.402. The predicted molar refractivity (Wildman–Crippen MR) is 53.4 cm³/mol. The SMILES string of the molecule is COc1cc(F)c(F)cc1CC(N)=S. The third kappa shape index (κ3) is 2.38. The van der Waals surface area contributed by atoms with E-state index in [1.165, 1.54) is 7.11 Å². The van der Waals surface area contributed by atoms with E-state index in [0.29, 0.717) is 5.56 Å². The van der Waals surface area contributed by atoms with Crippen molar-refractivity contribution in [2.75, 3.05) is 7.11 Å². The van der Waals surface area contributed by atoms with Gasteiger partial charge in [0.25, 0.3) is 0 Å². The standard InChI is InChI=1S/C9H9F2NOS/c1-13-8-4-7(11)6(10)2-5(8)3-9(12)14/h2,4H,3H2,1H3,(H2,12,14). The van der Waals surface area contributed by atoms with Gasteiger partial charge in [0, 0.05) is 18.1 Å². The monoisotopic (exact) mass is 217 g/mol. The number of hydrogen-bond donors (Lipinski definition) is 1. The summed E-state index contributed by atoms with van der Waals surface area (Å²) in [4.78, 5) is 0.203. The van der Waals surface area contributed by atoms with E-state index in [9.17, 15) is 8.78 Å². The molecule has 0 heterocycles. The highest BCUT2D eigenvalue weighted by molar-refractivity contribution is 7.80. The largest absolute Gasteiger partial charge is 0.496 e. The number of methoxy groups -OCH3 is 1. The van der Waals surface area contributed by atoms with Crippen molar-refractivity contribution in [2.45, 2.75) is 6.42 Å². The van der Waals surface area contributed by atoms with Crippen LogP contribution >= 0.6 is 12.2 Å². The second-order valence-corrected chi connectivity index (χ2v) is 3.25. The van der Waals surface area contributed by atoms with Gasteiger partial charge in [-0.3, -0.25) is 0 Å². The normalized spacial score (nSPS) is 9.93. The van der Waals surface area contributed by atoms with E-state index in [4.69, 9.17) is 10.5 Å². The molecule has 14 heavy (non-hydrogen) atoms. The van der Waals surface area contributed by atoms with E-state index in [1.54, 1.807) is 0 Å². The van der Waals surface area contributed by atoms with Gasteiger partial charge < -0.3 is 10.5 Å². The zero-order valence-corrected chi connectivity index (χ0v) is 8.33. The molecule has 0 saturated carbocycles. The number of ether oxygens (including phenoxy) is 1. The molecule has 0 unspecified atom stereocenters. The number of hydrogen-bond acceptors (Lipinski definition) is 2. The van der Waals surface area contributed by atoms with Gasteiger partial charge in [0.2, 0.25) is 0 Å². The number of rotatable bonds is 3. The minimum Gasteiger partial charge on any atom is -0.496 e. The summed E-state index contributed by atoms with van der Waals surface area (Å²) in [6.07, 6.45) is 0.190. The average Bonchev–Trinajstić information content (AvgIpc) is 2.10. The van der Waals surface area contributed by atoms with Crippen LogP contribution in [0.1, 0.15) is 5.56 Å². The molecule has 0 saturated heterocycles. The molecular formula is C9H9F2NOS. The van der Waals surface area contributed by atoms with E-state index < -0.39 is 11.6 Å². The second-order valence-electron chi connectivity index (χ2n) is 2.72. The Kier molecular flexibility index (Phi) is 3.35. The molecule has 0 aliphatic rings. The fourth-order valence-electron chi connectivity index (χ4n) is 1.09. The van der Waals surface area contributed by atoms with Gasteiger partial charge in [-0.25, -0.2) is 8.78 Å². The minimum absolute atomic E-state index is 0.190. The molecule has 0 bridgehead atoms. The van der Waals surface area contributed by atoms with Gasteiger partial charge in [-0.05, 0) is 6.07 Å². The van der Waals surface area contributed by atoms with Crippen molar-refractivity contribution in [1.29, 1.82) is 0 Å².